The molecule has 0 radical (unpaired) electrons. The van der Waals surface area contributed by atoms with Gasteiger partial charge in [0.2, 0.25) is 15.9 Å². The number of carbonyl (C=O) groups is 1. The molecular weight excluding hydrogens is 302 g/mol. The van der Waals surface area contributed by atoms with Crippen molar-refractivity contribution >= 4 is 15.9 Å². The molecule has 1 aliphatic heterocycles. The van der Waals surface area contributed by atoms with Crippen LogP contribution in [0.25, 0.3) is 0 Å². The van der Waals surface area contributed by atoms with Crippen LogP contribution in [-0.4, -0.2) is 55.8 Å². The molecule has 1 amide bonds. The Bertz CT molecular complexity index is 618. The molecule has 0 bridgehead atoms. The fraction of sp³-hybridized carbons (Fsp3) is 0.533. The van der Waals surface area contributed by atoms with E-state index in [4.69, 9.17) is 5.73 Å². The largest absolute Gasteiger partial charge is 0.340 e. The van der Waals surface area contributed by atoms with Gasteiger partial charge in [-0.15, -0.1) is 0 Å². The summed E-state index contributed by atoms with van der Waals surface area (Å²) < 4.78 is 26.5. The molecule has 1 aromatic carbocycles. The average Bonchev–Trinajstić information content (AvgIpc) is 2.47. The molecule has 1 saturated heterocycles. The van der Waals surface area contributed by atoms with Crippen molar-refractivity contribution in [2.45, 2.75) is 31.2 Å². The minimum Gasteiger partial charge on any atom is -0.340 e. The van der Waals surface area contributed by atoms with Crippen LogP contribution in [0.4, 0.5) is 0 Å². The van der Waals surface area contributed by atoms with Gasteiger partial charge in [-0.05, 0) is 26.0 Å². The van der Waals surface area contributed by atoms with E-state index in [1.54, 1.807) is 36.1 Å². The van der Waals surface area contributed by atoms with Crippen molar-refractivity contribution in [2.24, 2.45) is 5.73 Å². The van der Waals surface area contributed by atoms with Gasteiger partial charge in [0.25, 0.3) is 0 Å². The maximum absolute atomic E-state index is 12.6. The Balaban J connectivity index is 2.01. The second-order valence-electron chi connectivity index (χ2n) is 5.78. The zero-order valence-electron chi connectivity index (χ0n) is 13.0. The van der Waals surface area contributed by atoms with E-state index in [0.717, 1.165) is 5.56 Å². The van der Waals surface area contributed by atoms with Gasteiger partial charge in [-0.3, -0.25) is 4.79 Å². The molecular formula is C15H23N3O3S. The Morgan fingerprint density at radius 1 is 1.18 bits per heavy atom. The van der Waals surface area contributed by atoms with Gasteiger partial charge in [0.15, 0.2) is 0 Å². The highest BCUT2D eigenvalue weighted by molar-refractivity contribution is 7.89. The van der Waals surface area contributed by atoms with Gasteiger partial charge in [-0.25, -0.2) is 8.42 Å². The number of hydrogen-bond acceptors (Lipinski definition) is 4. The highest BCUT2D eigenvalue weighted by Gasteiger charge is 2.30. The molecule has 2 rings (SSSR count). The van der Waals surface area contributed by atoms with Gasteiger partial charge < -0.3 is 10.6 Å². The van der Waals surface area contributed by atoms with Gasteiger partial charge in [0.05, 0.1) is 4.90 Å². The number of amides is 1. The standard InChI is InChI=1S/C15H23N3O3S/c1-12-3-5-14(6-4-12)22(20,21)18-9-7-17(8-10-18)15(19)11-13(2)16/h3-6,13H,7-11,16H2,1-2H3. The molecule has 1 heterocycles. The van der Waals surface area contributed by atoms with Crippen LogP contribution >= 0.6 is 0 Å². The lowest BCUT2D eigenvalue weighted by atomic mass is 10.2. The lowest BCUT2D eigenvalue weighted by Gasteiger charge is -2.34. The molecule has 22 heavy (non-hydrogen) atoms. The lowest BCUT2D eigenvalue weighted by Crippen LogP contribution is -2.51. The van der Waals surface area contributed by atoms with Crippen LogP contribution < -0.4 is 5.73 Å². The Morgan fingerprint density at radius 3 is 2.23 bits per heavy atom. The summed E-state index contributed by atoms with van der Waals surface area (Å²) in [6, 6.07) is 6.64. The monoisotopic (exact) mass is 325 g/mol. The van der Waals surface area contributed by atoms with Crippen molar-refractivity contribution in [1.29, 1.82) is 0 Å². The van der Waals surface area contributed by atoms with Gasteiger partial charge >= 0.3 is 0 Å². The molecule has 0 saturated carbocycles. The molecule has 1 unspecified atom stereocenters. The van der Waals surface area contributed by atoms with Gasteiger partial charge in [-0.2, -0.15) is 4.31 Å². The Labute approximate surface area is 131 Å². The Hall–Kier alpha value is -1.44. The van der Waals surface area contributed by atoms with E-state index in [1.165, 1.54) is 4.31 Å². The van der Waals surface area contributed by atoms with Crippen LogP contribution in [0.5, 0.6) is 0 Å². The fourth-order valence-electron chi connectivity index (χ4n) is 2.44. The Kier molecular flexibility index (Phi) is 5.20. The zero-order chi connectivity index (χ0) is 16.3. The number of hydrogen-bond donors (Lipinski definition) is 1. The summed E-state index contributed by atoms with van der Waals surface area (Å²) in [5.41, 5.74) is 6.65. The maximum atomic E-state index is 12.6. The number of piperazine rings is 1. The summed E-state index contributed by atoms with van der Waals surface area (Å²) >= 11 is 0. The minimum absolute atomic E-state index is 0.0117. The third-order valence-electron chi connectivity index (χ3n) is 3.75. The first kappa shape index (κ1) is 16.9. The molecule has 6 nitrogen and oxygen atoms in total. The van der Waals surface area contributed by atoms with Crippen molar-refractivity contribution in [1.82, 2.24) is 9.21 Å². The van der Waals surface area contributed by atoms with Gasteiger partial charge in [0, 0.05) is 38.6 Å². The predicted molar refractivity (Wildman–Crippen MR) is 84.8 cm³/mol. The van der Waals surface area contributed by atoms with E-state index in [2.05, 4.69) is 0 Å². The average molecular weight is 325 g/mol. The van der Waals surface area contributed by atoms with E-state index in [9.17, 15) is 13.2 Å². The van der Waals surface area contributed by atoms with Crippen molar-refractivity contribution in [3.05, 3.63) is 29.8 Å². The number of benzene rings is 1. The first-order valence-electron chi connectivity index (χ1n) is 7.41. The van der Waals surface area contributed by atoms with E-state index >= 15 is 0 Å². The summed E-state index contributed by atoms with van der Waals surface area (Å²) in [6.07, 6.45) is 0.296. The van der Waals surface area contributed by atoms with Crippen LogP contribution in [0.15, 0.2) is 29.2 Å². The second kappa shape index (κ2) is 6.76. The fourth-order valence-corrected chi connectivity index (χ4v) is 3.86. The second-order valence-corrected chi connectivity index (χ2v) is 7.72. The molecule has 1 fully saturated rings. The third-order valence-corrected chi connectivity index (χ3v) is 5.66. The normalized spacial score (nSPS) is 18.2. The summed E-state index contributed by atoms with van der Waals surface area (Å²) in [7, 11) is -3.48. The van der Waals surface area contributed by atoms with Crippen LogP contribution in [0, 0.1) is 6.92 Å². The molecule has 1 aromatic rings. The van der Waals surface area contributed by atoms with Crippen LogP contribution in [-0.2, 0) is 14.8 Å². The number of aryl methyl sites for hydroxylation is 1. The topological polar surface area (TPSA) is 83.7 Å². The van der Waals surface area contributed by atoms with Crippen molar-refractivity contribution in [3.63, 3.8) is 0 Å². The molecule has 0 spiro atoms. The molecule has 0 aliphatic carbocycles. The first-order chi connectivity index (χ1) is 10.3. The van der Waals surface area contributed by atoms with Crippen LogP contribution in [0.1, 0.15) is 18.9 Å². The number of carbonyl (C=O) groups excluding carboxylic acids is 1. The summed E-state index contributed by atoms with van der Waals surface area (Å²) in [6.45, 7) is 5.17. The van der Waals surface area contributed by atoms with E-state index < -0.39 is 10.0 Å². The number of nitrogens with zero attached hydrogens (tertiary/aromatic N) is 2. The van der Waals surface area contributed by atoms with Crippen molar-refractivity contribution in [3.8, 4) is 0 Å². The van der Waals surface area contributed by atoms with E-state index in [1.807, 2.05) is 6.92 Å². The van der Waals surface area contributed by atoms with Crippen molar-refractivity contribution in [2.75, 3.05) is 26.2 Å². The molecule has 7 heteroatoms. The van der Waals surface area contributed by atoms with E-state index in [0.29, 0.717) is 37.5 Å². The minimum atomic E-state index is -3.48. The Morgan fingerprint density at radius 2 is 1.73 bits per heavy atom. The number of nitrogens with two attached hydrogens (primary N) is 1. The molecule has 2 N–H and O–H groups in total. The lowest BCUT2D eigenvalue weighted by molar-refractivity contribution is -0.132. The zero-order valence-corrected chi connectivity index (χ0v) is 13.8. The third kappa shape index (κ3) is 3.85. The number of sulfonamides is 1. The molecule has 1 aliphatic rings. The van der Waals surface area contributed by atoms with Crippen molar-refractivity contribution < 1.29 is 13.2 Å². The van der Waals surface area contributed by atoms with Gasteiger partial charge in [-0.1, -0.05) is 17.7 Å². The first-order valence-corrected chi connectivity index (χ1v) is 8.85. The van der Waals surface area contributed by atoms with E-state index in [-0.39, 0.29) is 11.9 Å². The highest BCUT2D eigenvalue weighted by atomic mass is 32.2. The number of rotatable bonds is 4. The van der Waals surface area contributed by atoms with Crippen LogP contribution in [0.3, 0.4) is 0 Å². The summed E-state index contributed by atoms with van der Waals surface area (Å²) in [5, 5.41) is 0. The maximum Gasteiger partial charge on any atom is 0.243 e. The highest BCUT2D eigenvalue weighted by Crippen LogP contribution is 2.18. The molecule has 1 atom stereocenters. The molecule has 122 valence electrons. The summed E-state index contributed by atoms with van der Waals surface area (Å²) in [5.74, 6) is -0.0117. The smallest absolute Gasteiger partial charge is 0.243 e. The van der Waals surface area contributed by atoms with Crippen LogP contribution in [0.2, 0.25) is 0 Å². The predicted octanol–water partition coefficient (Wildman–Crippen LogP) is 0.565. The van der Waals surface area contributed by atoms with Gasteiger partial charge in [0.1, 0.15) is 0 Å². The SMILES string of the molecule is Cc1ccc(S(=O)(=O)N2CCN(C(=O)CC(C)N)CC2)cc1. The molecule has 0 aromatic heterocycles. The quantitative estimate of drug-likeness (QED) is 0.877. The summed E-state index contributed by atoms with van der Waals surface area (Å²) in [4.78, 5) is 13.9.